The number of halogens is 1. The van der Waals surface area contributed by atoms with Crippen molar-refractivity contribution in [3.63, 3.8) is 0 Å². The Morgan fingerprint density at radius 1 is 1.09 bits per heavy atom. The van der Waals surface area contributed by atoms with Crippen LogP contribution in [0.3, 0.4) is 0 Å². The SMILES string of the molecule is COC(=O)c1ccccc1N(C)C(=O)Nc1ccccc1Cl. The van der Waals surface area contributed by atoms with Crippen LogP contribution in [0.1, 0.15) is 10.4 Å². The Hall–Kier alpha value is -2.53. The van der Waals surface area contributed by atoms with Gasteiger partial charge in [-0.15, -0.1) is 0 Å². The van der Waals surface area contributed by atoms with Crippen LogP contribution in [0.15, 0.2) is 48.5 Å². The molecule has 0 saturated carbocycles. The molecule has 0 fully saturated rings. The van der Waals surface area contributed by atoms with Gasteiger partial charge in [-0.2, -0.15) is 0 Å². The lowest BCUT2D eigenvalue weighted by Crippen LogP contribution is -2.32. The van der Waals surface area contributed by atoms with Crippen LogP contribution in [-0.4, -0.2) is 26.2 Å². The van der Waals surface area contributed by atoms with Gasteiger partial charge in [0.1, 0.15) is 0 Å². The highest BCUT2D eigenvalue weighted by Crippen LogP contribution is 2.24. The molecule has 5 nitrogen and oxygen atoms in total. The fourth-order valence-electron chi connectivity index (χ4n) is 1.92. The molecule has 0 aliphatic rings. The van der Waals surface area contributed by atoms with E-state index in [1.807, 2.05) is 0 Å². The number of nitrogens with one attached hydrogen (secondary N) is 1. The monoisotopic (exact) mass is 318 g/mol. The number of nitrogens with zero attached hydrogens (tertiary/aromatic N) is 1. The Kier molecular flexibility index (Phi) is 5.01. The summed E-state index contributed by atoms with van der Waals surface area (Å²) in [4.78, 5) is 25.4. The molecule has 1 N–H and O–H groups in total. The van der Waals surface area contributed by atoms with E-state index in [1.165, 1.54) is 12.0 Å². The van der Waals surface area contributed by atoms with Crippen molar-refractivity contribution in [2.45, 2.75) is 0 Å². The van der Waals surface area contributed by atoms with Gasteiger partial charge < -0.3 is 10.1 Å². The maximum absolute atomic E-state index is 12.3. The Bertz CT molecular complexity index is 703. The third-order valence-electron chi connectivity index (χ3n) is 3.09. The third-order valence-corrected chi connectivity index (χ3v) is 3.42. The first kappa shape index (κ1) is 15.9. The van der Waals surface area contributed by atoms with E-state index >= 15 is 0 Å². The first-order valence-electron chi connectivity index (χ1n) is 6.51. The standard InChI is InChI=1S/C16H15ClN2O3/c1-19(14-10-6-3-7-11(14)15(20)22-2)16(21)18-13-9-5-4-8-12(13)17/h3-10H,1-2H3,(H,18,21). The summed E-state index contributed by atoms with van der Waals surface area (Å²) < 4.78 is 4.73. The lowest BCUT2D eigenvalue weighted by atomic mass is 10.1. The van der Waals surface area contributed by atoms with Gasteiger partial charge >= 0.3 is 12.0 Å². The van der Waals surface area contributed by atoms with E-state index in [1.54, 1.807) is 55.6 Å². The molecule has 0 spiro atoms. The molecule has 0 aliphatic carbocycles. The van der Waals surface area contributed by atoms with Crippen molar-refractivity contribution in [1.82, 2.24) is 0 Å². The van der Waals surface area contributed by atoms with E-state index < -0.39 is 12.0 Å². The maximum atomic E-state index is 12.3. The highest BCUT2D eigenvalue weighted by molar-refractivity contribution is 6.33. The number of carbonyl (C=O) groups is 2. The summed E-state index contributed by atoms with van der Waals surface area (Å²) in [5.74, 6) is -0.506. The molecule has 114 valence electrons. The van der Waals surface area contributed by atoms with E-state index in [4.69, 9.17) is 16.3 Å². The summed E-state index contributed by atoms with van der Waals surface area (Å²) in [6, 6.07) is 13.2. The average molecular weight is 319 g/mol. The minimum Gasteiger partial charge on any atom is -0.465 e. The van der Waals surface area contributed by atoms with Crippen LogP contribution in [-0.2, 0) is 4.74 Å². The van der Waals surface area contributed by atoms with Crippen molar-refractivity contribution in [2.24, 2.45) is 0 Å². The van der Waals surface area contributed by atoms with Crippen LogP contribution in [0.4, 0.5) is 16.2 Å². The third kappa shape index (κ3) is 3.38. The van der Waals surface area contributed by atoms with Gasteiger partial charge in [0.2, 0.25) is 0 Å². The number of carbonyl (C=O) groups excluding carboxylic acids is 2. The number of esters is 1. The van der Waals surface area contributed by atoms with E-state index in [0.717, 1.165) is 0 Å². The molecule has 0 heterocycles. The zero-order chi connectivity index (χ0) is 16.1. The molecule has 0 bridgehead atoms. The van der Waals surface area contributed by atoms with Crippen molar-refractivity contribution in [3.8, 4) is 0 Å². The summed E-state index contributed by atoms with van der Waals surface area (Å²) in [6.45, 7) is 0. The van der Waals surface area contributed by atoms with Crippen molar-refractivity contribution in [1.29, 1.82) is 0 Å². The average Bonchev–Trinajstić information content (AvgIpc) is 2.55. The van der Waals surface area contributed by atoms with Gasteiger partial charge in [0, 0.05) is 7.05 Å². The Balaban J connectivity index is 2.25. The first-order valence-corrected chi connectivity index (χ1v) is 6.89. The highest BCUT2D eigenvalue weighted by Gasteiger charge is 2.19. The number of anilines is 2. The van der Waals surface area contributed by atoms with Crippen molar-refractivity contribution < 1.29 is 14.3 Å². The summed E-state index contributed by atoms with van der Waals surface area (Å²) in [5, 5.41) is 3.13. The maximum Gasteiger partial charge on any atom is 0.339 e. The smallest absolute Gasteiger partial charge is 0.339 e. The number of para-hydroxylation sites is 2. The molecule has 0 radical (unpaired) electrons. The van der Waals surface area contributed by atoms with Crippen LogP contribution in [0.2, 0.25) is 5.02 Å². The number of amides is 2. The van der Waals surface area contributed by atoms with E-state index in [9.17, 15) is 9.59 Å². The fraction of sp³-hybridized carbons (Fsp3) is 0.125. The molecule has 22 heavy (non-hydrogen) atoms. The second-order valence-corrected chi connectivity index (χ2v) is 4.88. The number of methoxy groups -OCH3 is 1. The number of hydrogen-bond donors (Lipinski definition) is 1. The fourth-order valence-corrected chi connectivity index (χ4v) is 2.10. The molecule has 0 aliphatic heterocycles. The summed E-state index contributed by atoms with van der Waals surface area (Å²) >= 11 is 6.02. The molecule has 2 rings (SSSR count). The molecular formula is C16H15ClN2O3. The molecule has 0 atom stereocenters. The van der Waals surface area contributed by atoms with Gasteiger partial charge in [-0.1, -0.05) is 35.9 Å². The molecular weight excluding hydrogens is 304 g/mol. The van der Waals surface area contributed by atoms with Gasteiger partial charge in [-0.3, -0.25) is 4.90 Å². The van der Waals surface area contributed by atoms with Gasteiger partial charge in [0.25, 0.3) is 0 Å². The second kappa shape index (κ2) is 6.95. The van der Waals surface area contributed by atoms with E-state index in [-0.39, 0.29) is 0 Å². The predicted octanol–water partition coefficient (Wildman–Crippen LogP) is 3.79. The number of ether oxygens (including phenoxy) is 1. The van der Waals surface area contributed by atoms with Gasteiger partial charge in [0.15, 0.2) is 0 Å². The molecule has 2 aromatic rings. The van der Waals surface area contributed by atoms with Crippen molar-refractivity contribution in [2.75, 3.05) is 24.4 Å². The quantitative estimate of drug-likeness (QED) is 0.876. The minimum atomic E-state index is -0.506. The number of rotatable bonds is 3. The normalized spacial score (nSPS) is 9.95. The highest BCUT2D eigenvalue weighted by atomic mass is 35.5. The second-order valence-electron chi connectivity index (χ2n) is 4.48. The molecule has 6 heteroatoms. The topological polar surface area (TPSA) is 58.6 Å². The Morgan fingerprint density at radius 2 is 1.73 bits per heavy atom. The largest absolute Gasteiger partial charge is 0.465 e. The summed E-state index contributed by atoms with van der Waals surface area (Å²) in [6.07, 6.45) is 0. The van der Waals surface area contributed by atoms with Crippen LogP contribution < -0.4 is 10.2 Å². The lowest BCUT2D eigenvalue weighted by molar-refractivity contribution is 0.0601. The molecule has 0 saturated heterocycles. The van der Waals surface area contributed by atoms with Gasteiger partial charge in [-0.05, 0) is 24.3 Å². The first-order chi connectivity index (χ1) is 10.5. The summed E-state index contributed by atoms with van der Waals surface area (Å²) in [5.41, 5.74) is 1.25. The molecule has 0 aromatic heterocycles. The molecule has 2 aromatic carbocycles. The summed E-state index contributed by atoms with van der Waals surface area (Å²) in [7, 11) is 2.86. The Labute approximate surface area is 133 Å². The van der Waals surface area contributed by atoms with Crippen molar-refractivity contribution in [3.05, 3.63) is 59.1 Å². The van der Waals surface area contributed by atoms with Gasteiger partial charge in [-0.25, -0.2) is 9.59 Å². The zero-order valence-corrected chi connectivity index (χ0v) is 12.9. The predicted molar refractivity (Wildman–Crippen MR) is 86.7 cm³/mol. The Morgan fingerprint density at radius 3 is 2.41 bits per heavy atom. The minimum absolute atomic E-state index is 0.307. The molecule has 2 amide bonds. The molecule has 0 unspecified atom stereocenters. The van der Waals surface area contributed by atoms with Crippen LogP contribution in [0.25, 0.3) is 0 Å². The lowest BCUT2D eigenvalue weighted by Gasteiger charge is -2.20. The van der Waals surface area contributed by atoms with Gasteiger partial charge in [0.05, 0.1) is 29.1 Å². The van der Waals surface area contributed by atoms with Crippen molar-refractivity contribution >= 4 is 35.0 Å². The number of hydrogen-bond acceptors (Lipinski definition) is 3. The van der Waals surface area contributed by atoms with E-state index in [0.29, 0.717) is 22.0 Å². The zero-order valence-electron chi connectivity index (χ0n) is 12.2. The number of urea groups is 1. The van der Waals surface area contributed by atoms with Crippen LogP contribution in [0, 0.1) is 0 Å². The number of benzene rings is 2. The van der Waals surface area contributed by atoms with Crippen LogP contribution in [0.5, 0.6) is 0 Å². The van der Waals surface area contributed by atoms with E-state index in [2.05, 4.69) is 5.32 Å². The van der Waals surface area contributed by atoms with Crippen LogP contribution >= 0.6 is 11.6 Å².